The lowest BCUT2D eigenvalue weighted by atomic mass is 10.1. The average Bonchev–Trinajstić information content (AvgIpc) is 3.25. The van der Waals surface area contributed by atoms with Crippen LogP contribution < -0.4 is 10.0 Å². The van der Waals surface area contributed by atoms with Crippen LogP contribution in [0.25, 0.3) is 16.9 Å². The highest BCUT2D eigenvalue weighted by atomic mass is 32.2. The number of benzene rings is 2. The van der Waals surface area contributed by atoms with E-state index in [2.05, 4.69) is 20.1 Å². The molecule has 0 bridgehead atoms. The molecule has 2 heterocycles. The van der Waals surface area contributed by atoms with Crippen LogP contribution in [0.5, 0.6) is 0 Å². The van der Waals surface area contributed by atoms with Gasteiger partial charge in [0.15, 0.2) is 5.82 Å². The number of pyridine rings is 1. The predicted octanol–water partition coefficient (Wildman–Crippen LogP) is 4.44. The Labute approximate surface area is 215 Å². The molecule has 0 saturated heterocycles. The van der Waals surface area contributed by atoms with Crippen molar-refractivity contribution >= 4 is 21.6 Å². The highest BCUT2D eigenvalue weighted by Crippen LogP contribution is 2.29. The Morgan fingerprint density at radius 1 is 1.00 bits per heavy atom. The highest BCUT2D eigenvalue weighted by Gasteiger charge is 2.25. The SMILES string of the molecule is Cc1cc(C(=O)Nc2ccc(-c3ccccc3S(=O)(=O)NC(C)(C)C)cc2)n(-c2cccc(C#N)n2)n1. The molecule has 0 fully saturated rings. The van der Waals surface area contributed by atoms with E-state index in [1.807, 2.05) is 6.07 Å². The second-order valence-electron chi connectivity index (χ2n) is 9.46. The molecule has 37 heavy (non-hydrogen) atoms. The Hall–Kier alpha value is -4.33. The number of rotatable bonds is 6. The van der Waals surface area contributed by atoms with Crippen molar-refractivity contribution in [3.05, 3.63) is 89.9 Å². The van der Waals surface area contributed by atoms with Crippen molar-refractivity contribution in [3.8, 4) is 23.0 Å². The lowest BCUT2D eigenvalue weighted by Gasteiger charge is -2.21. The first kappa shape index (κ1) is 25.8. The molecule has 1 amide bonds. The van der Waals surface area contributed by atoms with Crippen LogP contribution in [-0.4, -0.2) is 34.6 Å². The summed E-state index contributed by atoms with van der Waals surface area (Å²) in [6, 6.07) is 22.2. The van der Waals surface area contributed by atoms with Crippen LogP contribution in [0.4, 0.5) is 5.69 Å². The van der Waals surface area contributed by atoms with Gasteiger partial charge in [0.1, 0.15) is 17.5 Å². The number of aryl methyl sites for hydroxylation is 1. The van der Waals surface area contributed by atoms with Gasteiger partial charge in [0.2, 0.25) is 10.0 Å². The number of nitriles is 1. The number of nitrogens with zero attached hydrogens (tertiary/aromatic N) is 4. The van der Waals surface area contributed by atoms with Crippen molar-refractivity contribution in [3.63, 3.8) is 0 Å². The van der Waals surface area contributed by atoms with Crippen molar-refractivity contribution in [2.75, 3.05) is 5.32 Å². The molecule has 4 aromatic rings. The minimum absolute atomic E-state index is 0.174. The maximum atomic E-state index is 13.1. The second-order valence-corrected chi connectivity index (χ2v) is 11.1. The molecule has 2 N–H and O–H groups in total. The van der Waals surface area contributed by atoms with Crippen LogP contribution in [-0.2, 0) is 10.0 Å². The van der Waals surface area contributed by atoms with Gasteiger partial charge < -0.3 is 5.32 Å². The van der Waals surface area contributed by atoms with E-state index in [-0.39, 0.29) is 16.3 Å². The first-order chi connectivity index (χ1) is 17.5. The van der Waals surface area contributed by atoms with Gasteiger partial charge in [-0.25, -0.2) is 22.8 Å². The van der Waals surface area contributed by atoms with Crippen molar-refractivity contribution in [2.24, 2.45) is 0 Å². The molecule has 0 atom stereocenters. The molecule has 0 unspecified atom stereocenters. The van der Waals surface area contributed by atoms with Gasteiger partial charge in [0.25, 0.3) is 5.91 Å². The number of carbonyl (C=O) groups is 1. The van der Waals surface area contributed by atoms with E-state index < -0.39 is 21.5 Å². The molecule has 0 saturated carbocycles. The van der Waals surface area contributed by atoms with E-state index in [0.29, 0.717) is 28.3 Å². The smallest absolute Gasteiger partial charge is 0.274 e. The topological polar surface area (TPSA) is 130 Å². The molecule has 10 heteroatoms. The molecule has 2 aromatic carbocycles. The molecular weight excluding hydrogens is 488 g/mol. The number of carbonyl (C=O) groups excluding carboxylic acids is 1. The molecule has 4 rings (SSSR count). The minimum Gasteiger partial charge on any atom is -0.321 e. The van der Waals surface area contributed by atoms with Gasteiger partial charge in [0.05, 0.1) is 10.6 Å². The van der Waals surface area contributed by atoms with Gasteiger partial charge >= 0.3 is 0 Å². The van der Waals surface area contributed by atoms with Crippen LogP contribution in [0.15, 0.2) is 77.7 Å². The van der Waals surface area contributed by atoms with Gasteiger partial charge in [-0.2, -0.15) is 10.4 Å². The molecule has 0 aliphatic heterocycles. The summed E-state index contributed by atoms with van der Waals surface area (Å²) in [7, 11) is -3.75. The zero-order valence-corrected chi connectivity index (χ0v) is 21.7. The third-order valence-electron chi connectivity index (χ3n) is 5.20. The number of hydrogen-bond donors (Lipinski definition) is 2. The number of aromatic nitrogens is 3. The van der Waals surface area contributed by atoms with Crippen molar-refractivity contribution < 1.29 is 13.2 Å². The Bertz CT molecular complexity index is 1610. The third-order valence-corrected chi connectivity index (χ3v) is 7.02. The monoisotopic (exact) mass is 514 g/mol. The maximum absolute atomic E-state index is 13.1. The van der Waals surface area contributed by atoms with E-state index in [9.17, 15) is 13.2 Å². The van der Waals surface area contributed by atoms with E-state index in [1.165, 1.54) is 4.68 Å². The van der Waals surface area contributed by atoms with E-state index >= 15 is 0 Å². The normalized spacial score (nSPS) is 11.6. The van der Waals surface area contributed by atoms with E-state index in [0.717, 1.165) is 0 Å². The number of amides is 1. The summed E-state index contributed by atoms with van der Waals surface area (Å²) in [6.07, 6.45) is 0. The summed E-state index contributed by atoms with van der Waals surface area (Å²) in [4.78, 5) is 17.5. The predicted molar refractivity (Wildman–Crippen MR) is 141 cm³/mol. The Balaban J connectivity index is 1.60. The summed E-state index contributed by atoms with van der Waals surface area (Å²) >= 11 is 0. The number of anilines is 1. The number of nitrogens with one attached hydrogen (secondary N) is 2. The van der Waals surface area contributed by atoms with Crippen LogP contribution >= 0.6 is 0 Å². The fourth-order valence-corrected chi connectivity index (χ4v) is 5.41. The molecule has 9 nitrogen and oxygen atoms in total. The fraction of sp³-hybridized carbons (Fsp3) is 0.185. The van der Waals surface area contributed by atoms with Crippen molar-refractivity contribution in [1.82, 2.24) is 19.5 Å². The molecule has 0 aliphatic carbocycles. The molecule has 188 valence electrons. The molecule has 2 aromatic heterocycles. The first-order valence-electron chi connectivity index (χ1n) is 11.5. The van der Waals surface area contributed by atoms with Gasteiger partial charge in [-0.05, 0) is 69.7 Å². The van der Waals surface area contributed by atoms with Crippen LogP contribution in [0, 0.1) is 18.3 Å². The van der Waals surface area contributed by atoms with Gasteiger partial charge in [0, 0.05) is 16.8 Å². The summed E-state index contributed by atoms with van der Waals surface area (Å²) < 4.78 is 30.1. The van der Waals surface area contributed by atoms with E-state index in [4.69, 9.17) is 5.26 Å². The van der Waals surface area contributed by atoms with Gasteiger partial charge in [-0.15, -0.1) is 0 Å². The summed E-state index contributed by atoms with van der Waals surface area (Å²) in [6.45, 7) is 7.12. The van der Waals surface area contributed by atoms with Gasteiger partial charge in [-0.1, -0.05) is 36.4 Å². The van der Waals surface area contributed by atoms with Crippen LogP contribution in [0.3, 0.4) is 0 Å². The van der Waals surface area contributed by atoms with E-state index in [1.54, 1.807) is 100 Å². The minimum atomic E-state index is -3.75. The summed E-state index contributed by atoms with van der Waals surface area (Å²) in [5.74, 6) is -0.0517. The zero-order valence-electron chi connectivity index (χ0n) is 20.9. The molecule has 0 aliphatic rings. The van der Waals surface area contributed by atoms with Crippen molar-refractivity contribution in [1.29, 1.82) is 5.26 Å². The fourth-order valence-electron chi connectivity index (χ4n) is 3.77. The Kier molecular flexibility index (Phi) is 6.94. The largest absolute Gasteiger partial charge is 0.321 e. The lowest BCUT2D eigenvalue weighted by molar-refractivity contribution is 0.101. The van der Waals surface area contributed by atoms with Crippen LogP contribution in [0.1, 0.15) is 42.6 Å². The number of sulfonamides is 1. The van der Waals surface area contributed by atoms with Crippen LogP contribution in [0.2, 0.25) is 0 Å². The Morgan fingerprint density at radius 2 is 1.70 bits per heavy atom. The molecule has 0 spiro atoms. The first-order valence-corrected chi connectivity index (χ1v) is 12.9. The zero-order chi connectivity index (χ0) is 26.8. The lowest BCUT2D eigenvalue weighted by Crippen LogP contribution is -2.40. The Morgan fingerprint density at radius 3 is 2.38 bits per heavy atom. The highest BCUT2D eigenvalue weighted by molar-refractivity contribution is 7.89. The average molecular weight is 515 g/mol. The van der Waals surface area contributed by atoms with Gasteiger partial charge in [-0.3, -0.25) is 4.79 Å². The summed E-state index contributed by atoms with van der Waals surface area (Å²) in [5, 5.41) is 16.3. The second kappa shape index (κ2) is 9.97. The summed E-state index contributed by atoms with van der Waals surface area (Å²) in [5.41, 5.74) is 2.22. The quantitative estimate of drug-likeness (QED) is 0.391. The third kappa shape index (κ3) is 5.91. The van der Waals surface area contributed by atoms with Crippen molar-refractivity contribution in [2.45, 2.75) is 38.1 Å². The number of hydrogen-bond acceptors (Lipinski definition) is 6. The maximum Gasteiger partial charge on any atom is 0.274 e. The molecule has 0 radical (unpaired) electrons. The molecular formula is C27H26N6O3S. The standard InChI is InChI=1S/C27H26N6O3S/c1-18-16-23(33(31-18)25-11-7-8-21(17-28)29-25)26(34)30-20-14-12-19(13-15-20)22-9-5-6-10-24(22)37(35,36)32-27(2,3)4/h5-16,32H,1-4H3,(H,30,34).